The van der Waals surface area contributed by atoms with Crippen molar-refractivity contribution in [2.75, 3.05) is 12.3 Å². The van der Waals surface area contributed by atoms with Crippen LogP contribution in [0.1, 0.15) is 32.6 Å². The molecule has 3 N–H and O–H groups in total. The van der Waals surface area contributed by atoms with Crippen LogP contribution in [0.15, 0.2) is 9.64 Å². The number of primary amides is 1. The number of nitrogens with one attached hydrogen (secondary N) is 1. The summed E-state index contributed by atoms with van der Waals surface area (Å²) in [6.45, 7) is 6.38. The smallest absolute Gasteiger partial charge is 0.276 e. The van der Waals surface area contributed by atoms with Crippen LogP contribution >= 0.6 is 11.8 Å². The van der Waals surface area contributed by atoms with Crippen LogP contribution in [0.3, 0.4) is 0 Å². The average Bonchev–Trinajstić information content (AvgIpc) is 2.72. The lowest BCUT2D eigenvalue weighted by atomic mass is 9.98. The summed E-state index contributed by atoms with van der Waals surface area (Å²) in [6.07, 6.45) is 1.58. The van der Waals surface area contributed by atoms with Gasteiger partial charge in [-0.15, -0.1) is 10.2 Å². The first kappa shape index (κ1) is 15.0. The van der Waals surface area contributed by atoms with E-state index >= 15 is 0 Å². The molecule has 1 rings (SSSR count). The standard InChI is InChI=1S/C11H20N4O2S/c1-4-6-13-11(3,9(12)16)5-7-18-10-15-14-8(2)17-10/h13H,4-7H2,1-3H3,(H2,12,16). The van der Waals surface area contributed by atoms with Crippen LogP contribution < -0.4 is 11.1 Å². The summed E-state index contributed by atoms with van der Waals surface area (Å²) >= 11 is 1.43. The van der Waals surface area contributed by atoms with Crippen molar-refractivity contribution in [1.29, 1.82) is 0 Å². The van der Waals surface area contributed by atoms with Crippen molar-refractivity contribution in [2.45, 2.75) is 44.4 Å². The minimum absolute atomic E-state index is 0.335. The molecule has 102 valence electrons. The third-order valence-electron chi connectivity index (χ3n) is 2.64. The number of carbonyl (C=O) groups excluding carboxylic acids is 1. The Morgan fingerprint density at radius 1 is 1.56 bits per heavy atom. The van der Waals surface area contributed by atoms with Gasteiger partial charge < -0.3 is 15.5 Å². The zero-order valence-corrected chi connectivity index (χ0v) is 11.8. The second kappa shape index (κ2) is 6.75. The number of amides is 1. The Balaban J connectivity index is 2.44. The van der Waals surface area contributed by atoms with E-state index in [1.807, 2.05) is 13.8 Å². The molecule has 7 heteroatoms. The van der Waals surface area contributed by atoms with E-state index in [4.69, 9.17) is 10.2 Å². The van der Waals surface area contributed by atoms with Gasteiger partial charge in [-0.1, -0.05) is 18.7 Å². The Labute approximate surface area is 111 Å². The summed E-state index contributed by atoms with van der Waals surface area (Å²) < 4.78 is 5.24. The quantitative estimate of drug-likeness (QED) is 0.688. The fourth-order valence-corrected chi connectivity index (χ4v) is 2.34. The predicted molar refractivity (Wildman–Crippen MR) is 70.3 cm³/mol. The minimum Gasteiger partial charge on any atom is -0.416 e. The molecule has 1 aromatic rings. The first-order valence-corrected chi connectivity index (χ1v) is 6.94. The largest absolute Gasteiger partial charge is 0.416 e. The van der Waals surface area contributed by atoms with Gasteiger partial charge in [0.05, 0.1) is 5.54 Å². The lowest BCUT2D eigenvalue weighted by Gasteiger charge is -2.27. The van der Waals surface area contributed by atoms with Gasteiger partial charge in [0.2, 0.25) is 11.8 Å². The third-order valence-corrected chi connectivity index (χ3v) is 3.46. The number of hydrogen-bond acceptors (Lipinski definition) is 6. The maximum absolute atomic E-state index is 11.5. The Bertz CT molecular complexity index is 396. The van der Waals surface area contributed by atoms with E-state index in [-0.39, 0.29) is 5.91 Å². The number of rotatable bonds is 8. The summed E-state index contributed by atoms with van der Waals surface area (Å²) in [7, 11) is 0. The Hall–Kier alpha value is -1.08. The van der Waals surface area contributed by atoms with E-state index in [0.29, 0.717) is 23.3 Å². The maximum atomic E-state index is 11.5. The Kier molecular flexibility index (Phi) is 5.61. The van der Waals surface area contributed by atoms with Crippen LogP contribution in [0, 0.1) is 6.92 Å². The molecule has 0 aromatic carbocycles. The maximum Gasteiger partial charge on any atom is 0.276 e. The van der Waals surface area contributed by atoms with E-state index in [1.54, 1.807) is 6.92 Å². The third kappa shape index (κ3) is 4.30. The zero-order chi connectivity index (χ0) is 13.6. The van der Waals surface area contributed by atoms with Crippen LogP contribution in [0.25, 0.3) is 0 Å². The SMILES string of the molecule is CCCNC(C)(CCSc1nnc(C)o1)C(N)=O. The lowest BCUT2D eigenvalue weighted by molar-refractivity contribution is -0.123. The molecule has 1 atom stereocenters. The summed E-state index contributed by atoms with van der Waals surface area (Å²) in [4.78, 5) is 11.5. The van der Waals surface area contributed by atoms with Crippen molar-refractivity contribution in [3.63, 3.8) is 0 Å². The van der Waals surface area contributed by atoms with Gasteiger partial charge in [0.25, 0.3) is 5.22 Å². The van der Waals surface area contributed by atoms with Crippen molar-refractivity contribution in [3.05, 3.63) is 5.89 Å². The van der Waals surface area contributed by atoms with Crippen molar-refractivity contribution in [2.24, 2.45) is 5.73 Å². The fourth-order valence-electron chi connectivity index (χ4n) is 1.38. The van der Waals surface area contributed by atoms with Gasteiger partial charge in [0.15, 0.2) is 0 Å². The van der Waals surface area contributed by atoms with E-state index in [0.717, 1.165) is 13.0 Å². The number of nitrogens with zero attached hydrogens (tertiary/aromatic N) is 2. The summed E-state index contributed by atoms with van der Waals surface area (Å²) in [5.74, 6) is 0.898. The molecule has 6 nitrogen and oxygen atoms in total. The predicted octanol–water partition coefficient (Wildman–Crippen LogP) is 1.10. The van der Waals surface area contributed by atoms with Gasteiger partial charge in [0.1, 0.15) is 0 Å². The molecule has 1 aromatic heterocycles. The highest BCUT2D eigenvalue weighted by Crippen LogP contribution is 2.20. The van der Waals surface area contributed by atoms with Gasteiger partial charge >= 0.3 is 0 Å². The fraction of sp³-hybridized carbons (Fsp3) is 0.727. The first-order valence-electron chi connectivity index (χ1n) is 5.96. The highest BCUT2D eigenvalue weighted by Gasteiger charge is 2.29. The molecular formula is C11H20N4O2S. The minimum atomic E-state index is -0.682. The summed E-state index contributed by atoms with van der Waals surface area (Å²) in [6, 6.07) is 0. The molecule has 1 unspecified atom stereocenters. The van der Waals surface area contributed by atoms with Gasteiger partial charge in [-0.05, 0) is 26.3 Å². The number of nitrogens with two attached hydrogens (primary N) is 1. The van der Waals surface area contributed by atoms with Gasteiger partial charge in [-0.2, -0.15) is 0 Å². The van der Waals surface area contributed by atoms with Gasteiger partial charge in [-0.3, -0.25) is 4.79 Å². The Morgan fingerprint density at radius 3 is 2.78 bits per heavy atom. The number of aryl methyl sites for hydroxylation is 1. The first-order chi connectivity index (χ1) is 8.48. The molecule has 0 spiro atoms. The van der Waals surface area contributed by atoms with E-state index in [9.17, 15) is 4.79 Å². The van der Waals surface area contributed by atoms with Crippen molar-refractivity contribution in [1.82, 2.24) is 15.5 Å². The molecule has 0 aliphatic carbocycles. The number of aromatic nitrogens is 2. The van der Waals surface area contributed by atoms with Crippen molar-refractivity contribution < 1.29 is 9.21 Å². The van der Waals surface area contributed by atoms with E-state index < -0.39 is 5.54 Å². The molecule has 0 radical (unpaired) electrons. The van der Waals surface area contributed by atoms with E-state index in [1.165, 1.54) is 11.8 Å². The van der Waals surface area contributed by atoms with Crippen molar-refractivity contribution in [3.8, 4) is 0 Å². The van der Waals surface area contributed by atoms with Crippen LogP contribution in [0.2, 0.25) is 0 Å². The van der Waals surface area contributed by atoms with Gasteiger partial charge in [0, 0.05) is 12.7 Å². The molecule has 1 heterocycles. The van der Waals surface area contributed by atoms with Crippen LogP contribution in [0.4, 0.5) is 0 Å². The topological polar surface area (TPSA) is 94.0 Å². The molecule has 0 aliphatic heterocycles. The lowest BCUT2D eigenvalue weighted by Crippen LogP contribution is -2.53. The molecule has 0 bridgehead atoms. The molecule has 0 fully saturated rings. The van der Waals surface area contributed by atoms with Crippen LogP contribution in [-0.4, -0.2) is 33.9 Å². The number of carbonyl (C=O) groups is 1. The highest BCUT2D eigenvalue weighted by molar-refractivity contribution is 7.99. The molecule has 18 heavy (non-hydrogen) atoms. The zero-order valence-electron chi connectivity index (χ0n) is 11.0. The second-order valence-electron chi connectivity index (χ2n) is 4.31. The highest BCUT2D eigenvalue weighted by atomic mass is 32.2. The molecule has 0 saturated heterocycles. The second-order valence-corrected chi connectivity index (χ2v) is 5.35. The monoisotopic (exact) mass is 272 g/mol. The normalized spacial score (nSPS) is 14.4. The number of hydrogen-bond donors (Lipinski definition) is 2. The molecular weight excluding hydrogens is 252 g/mol. The average molecular weight is 272 g/mol. The summed E-state index contributed by atoms with van der Waals surface area (Å²) in [5.41, 5.74) is 4.75. The van der Waals surface area contributed by atoms with Gasteiger partial charge in [-0.25, -0.2) is 0 Å². The molecule has 1 amide bonds. The van der Waals surface area contributed by atoms with Crippen LogP contribution in [-0.2, 0) is 4.79 Å². The van der Waals surface area contributed by atoms with E-state index in [2.05, 4.69) is 15.5 Å². The molecule has 0 aliphatic rings. The number of thioether (sulfide) groups is 1. The van der Waals surface area contributed by atoms with Crippen LogP contribution in [0.5, 0.6) is 0 Å². The molecule has 0 saturated carbocycles. The summed E-state index contributed by atoms with van der Waals surface area (Å²) in [5, 5.41) is 11.3. The van der Waals surface area contributed by atoms with Crippen molar-refractivity contribution >= 4 is 17.7 Å². The Morgan fingerprint density at radius 2 is 2.28 bits per heavy atom.